The molecule has 0 aliphatic carbocycles. The van der Waals surface area contributed by atoms with E-state index < -0.39 is 0 Å². The van der Waals surface area contributed by atoms with Crippen LogP contribution in [0.3, 0.4) is 0 Å². The van der Waals surface area contributed by atoms with Crippen molar-refractivity contribution in [2.24, 2.45) is 5.92 Å². The van der Waals surface area contributed by atoms with E-state index in [4.69, 9.17) is 5.73 Å². The summed E-state index contributed by atoms with van der Waals surface area (Å²) in [4.78, 5) is 6.46. The van der Waals surface area contributed by atoms with Gasteiger partial charge in [-0.1, -0.05) is 0 Å². The highest BCUT2D eigenvalue weighted by Crippen LogP contribution is 2.36. The van der Waals surface area contributed by atoms with Gasteiger partial charge in [-0.3, -0.25) is 4.98 Å². The minimum atomic E-state index is 0.592. The molecule has 0 aromatic carbocycles. The lowest BCUT2D eigenvalue weighted by molar-refractivity contribution is 0.217. The molecular weight excluding hydrogens is 282 g/mol. The molecule has 0 bridgehead atoms. The molecule has 1 fully saturated rings. The topological polar surface area (TPSA) is 67.1 Å². The van der Waals surface area contributed by atoms with Gasteiger partial charge >= 0.3 is 0 Å². The van der Waals surface area contributed by atoms with Crippen LogP contribution in [0.25, 0.3) is 11.1 Å². The zero-order valence-electron chi connectivity index (χ0n) is 12.2. The number of nitrogens with one attached hydrogen (secondary N) is 1. The summed E-state index contributed by atoms with van der Waals surface area (Å²) >= 11 is 1.44. The molecule has 2 aromatic heterocycles. The molecule has 0 saturated carbocycles. The molecule has 2 aromatic rings. The van der Waals surface area contributed by atoms with E-state index in [1.807, 2.05) is 12.1 Å². The number of pyridine rings is 1. The molecule has 1 saturated heterocycles. The molecule has 1 aliphatic heterocycles. The van der Waals surface area contributed by atoms with Gasteiger partial charge in [0.1, 0.15) is 10.8 Å². The number of hydrogen-bond acceptors (Lipinski definition) is 6. The zero-order chi connectivity index (χ0) is 14.7. The van der Waals surface area contributed by atoms with Crippen LogP contribution >= 0.6 is 11.5 Å². The van der Waals surface area contributed by atoms with E-state index >= 15 is 0 Å². The zero-order valence-corrected chi connectivity index (χ0v) is 13.1. The quantitative estimate of drug-likeness (QED) is 0.908. The van der Waals surface area contributed by atoms with Crippen LogP contribution in [-0.4, -0.2) is 40.9 Å². The molecule has 21 heavy (non-hydrogen) atoms. The fourth-order valence-corrected chi connectivity index (χ4v) is 3.64. The fourth-order valence-electron chi connectivity index (χ4n) is 2.90. The van der Waals surface area contributed by atoms with Gasteiger partial charge in [-0.25, -0.2) is 0 Å². The van der Waals surface area contributed by atoms with Crippen LogP contribution < -0.4 is 11.1 Å². The van der Waals surface area contributed by atoms with E-state index in [0.29, 0.717) is 11.7 Å². The molecule has 6 heteroatoms. The maximum atomic E-state index is 6.03. The lowest BCUT2D eigenvalue weighted by Crippen LogP contribution is -2.35. The minimum absolute atomic E-state index is 0.592. The summed E-state index contributed by atoms with van der Waals surface area (Å²) in [5.41, 5.74) is 8.11. The van der Waals surface area contributed by atoms with Gasteiger partial charge in [-0.05, 0) is 61.6 Å². The lowest BCUT2D eigenvalue weighted by Gasteiger charge is -2.29. The summed E-state index contributed by atoms with van der Waals surface area (Å²) in [5.74, 6) is 1.28. The van der Waals surface area contributed by atoms with Crippen molar-refractivity contribution in [3.63, 3.8) is 0 Å². The number of rotatable bonds is 4. The lowest BCUT2D eigenvalue weighted by atomic mass is 9.98. The van der Waals surface area contributed by atoms with E-state index in [1.165, 1.54) is 30.9 Å². The van der Waals surface area contributed by atoms with Crippen molar-refractivity contribution in [1.29, 1.82) is 0 Å². The maximum Gasteiger partial charge on any atom is 0.147 e. The smallest absolute Gasteiger partial charge is 0.147 e. The Hall–Kier alpha value is -1.66. The maximum absolute atomic E-state index is 6.03. The molecule has 3 N–H and O–H groups in total. The normalized spacial score (nSPS) is 19.6. The monoisotopic (exact) mass is 303 g/mol. The fraction of sp³-hybridized carbons (Fsp3) is 0.467. The van der Waals surface area contributed by atoms with Crippen molar-refractivity contribution in [2.75, 3.05) is 37.7 Å². The molecular formula is C15H21N5S. The summed E-state index contributed by atoms with van der Waals surface area (Å²) in [6.07, 6.45) is 6.14. The average molecular weight is 303 g/mol. The number of anilines is 2. The first kappa shape index (κ1) is 14.3. The van der Waals surface area contributed by atoms with Gasteiger partial charge in [-0.2, -0.15) is 4.37 Å². The van der Waals surface area contributed by atoms with Gasteiger partial charge in [0, 0.05) is 25.5 Å². The first-order chi connectivity index (χ1) is 10.2. The van der Waals surface area contributed by atoms with Crippen molar-refractivity contribution < 1.29 is 0 Å². The van der Waals surface area contributed by atoms with Crippen LogP contribution in [0.1, 0.15) is 12.8 Å². The highest BCUT2D eigenvalue weighted by Gasteiger charge is 2.19. The Morgan fingerprint density at radius 2 is 2.24 bits per heavy atom. The second-order valence-electron chi connectivity index (χ2n) is 5.66. The van der Waals surface area contributed by atoms with E-state index in [9.17, 15) is 0 Å². The third-order valence-electron chi connectivity index (χ3n) is 3.96. The van der Waals surface area contributed by atoms with E-state index in [-0.39, 0.29) is 0 Å². The standard InChI is InChI=1S/C15H21N5S/c1-20-8-2-3-11(10-20)9-18-15-13(14(16)19-21-15)12-4-6-17-7-5-12/h4-7,11,18H,2-3,8-10H2,1H3,(H2,16,19). The van der Waals surface area contributed by atoms with Crippen LogP contribution in [0, 0.1) is 5.92 Å². The first-order valence-corrected chi connectivity index (χ1v) is 8.09. The minimum Gasteiger partial charge on any atom is -0.382 e. The predicted molar refractivity (Wildman–Crippen MR) is 88.5 cm³/mol. The Morgan fingerprint density at radius 1 is 1.43 bits per heavy atom. The Bertz CT molecular complexity index is 583. The second kappa shape index (κ2) is 6.41. The molecule has 5 nitrogen and oxygen atoms in total. The van der Waals surface area contributed by atoms with E-state index in [2.05, 4.69) is 26.6 Å². The highest BCUT2D eigenvalue weighted by atomic mass is 32.1. The Morgan fingerprint density at radius 3 is 3.00 bits per heavy atom. The van der Waals surface area contributed by atoms with Gasteiger partial charge < -0.3 is 16.0 Å². The van der Waals surface area contributed by atoms with Crippen molar-refractivity contribution >= 4 is 22.4 Å². The van der Waals surface area contributed by atoms with Gasteiger partial charge in [0.25, 0.3) is 0 Å². The number of nitrogen functional groups attached to an aromatic ring is 1. The molecule has 3 rings (SSSR count). The summed E-state index contributed by atoms with van der Waals surface area (Å²) in [7, 11) is 2.19. The Kier molecular flexibility index (Phi) is 4.36. The summed E-state index contributed by atoms with van der Waals surface area (Å²) in [5, 5.41) is 4.61. The predicted octanol–water partition coefficient (Wildman–Crippen LogP) is 2.54. The number of likely N-dealkylation sites (tertiary alicyclic amines) is 1. The highest BCUT2D eigenvalue weighted by molar-refractivity contribution is 7.11. The van der Waals surface area contributed by atoms with Gasteiger partial charge in [0.15, 0.2) is 0 Å². The third-order valence-corrected chi connectivity index (χ3v) is 4.78. The number of nitrogens with zero attached hydrogens (tertiary/aromatic N) is 3. The molecule has 1 unspecified atom stereocenters. The van der Waals surface area contributed by atoms with Crippen LogP contribution in [0.5, 0.6) is 0 Å². The second-order valence-corrected chi connectivity index (χ2v) is 6.43. The van der Waals surface area contributed by atoms with Crippen LogP contribution in [0.15, 0.2) is 24.5 Å². The molecule has 1 atom stereocenters. The van der Waals surface area contributed by atoms with Crippen molar-refractivity contribution in [2.45, 2.75) is 12.8 Å². The number of hydrogen-bond donors (Lipinski definition) is 2. The summed E-state index contributed by atoms with van der Waals surface area (Å²) in [6, 6.07) is 3.94. The number of aromatic nitrogens is 2. The number of piperidine rings is 1. The van der Waals surface area contributed by atoms with Crippen LogP contribution in [0.2, 0.25) is 0 Å². The van der Waals surface area contributed by atoms with Gasteiger partial charge in [-0.15, -0.1) is 0 Å². The SMILES string of the molecule is CN1CCCC(CNc2snc(N)c2-c2ccncc2)C1. The third kappa shape index (κ3) is 3.33. The largest absolute Gasteiger partial charge is 0.382 e. The van der Waals surface area contributed by atoms with Gasteiger partial charge in [0.2, 0.25) is 0 Å². The van der Waals surface area contributed by atoms with Crippen molar-refractivity contribution in [3.05, 3.63) is 24.5 Å². The average Bonchev–Trinajstić information content (AvgIpc) is 2.87. The molecule has 0 spiro atoms. The molecule has 112 valence electrons. The number of nitrogens with two attached hydrogens (primary N) is 1. The summed E-state index contributed by atoms with van der Waals surface area (Å²) in [6.45, 7) is 3.35. The Labute approximate surface area is 129 Å². The molecule has 0 radical (unpaired) electrons. The molecule has 0 amide bonds. The van der Waals surface area contributed by atoms with Crippen LogP contribution in [-0.2, 0) is 0 Å². The van der Waals surface area contributed by atoms with Crippen LogP contribution in [0.4, 0.5) is 10.8 Å². The van der Waals surface area contributed by atoms with E-state index in [0.717, 1.165) is 29.2 Å². The van der Waals surface area contributed by atoms with E-state index in [1.54, 1.807) is 12.4 Å². The Balaban J connectivity index is 1.72. The van der Waals surface area contributed by atoms with Gasteiger partial charge in [0.05, 0.1) is 5.56 Å². The van der Waals surface area contributed by atoms with Crippen molar-refractivity contribution in [1.82, 2.24) is 14.3 Å². The first-order valence-electron chi connectivity index (χ1n) is 7.32. The molecule has 3 heterocycles. The summed E-state index contributed by atoms with van der Waals surface area (Å²) < 4.78 is 4.30. The molecule has 1 aliphatic rings. The van der Waals surface area contributed by atoms with Crippen molar-refractivity contribution in [3.8, 4) is 11.1 Å².